The summed E-state index contributed by atoms with van der Waals surface area (Å²) in [6.07, 6.45) is 1.55. The molecule has 4 rings (SSSR count). The van der Waals surface area contributed by atoms with Crippen molar-refractivity contribution >= 4 is 27.6 Å². The summed E-state index contributed by atoms with van der Waals surface area (Å²) >= 11 is 0. The second kappa shape index (κ2) is 5.84. The molecule has 0 unspecified atom stereocenters. The number of nitrogens with zero attached hydrogens (tertiary/aromatic N) is 3. The molecule has 0 saturated heterocycles. The number of anilines is 1. The number of nitrogens with two attached hydrogens (primary N) is 1. The highest BCUT2D eigenvalue weighted by atomic mass is 15.1. The Balaban J connectivity index is 2.19. The largest absolute Gasteiger partial charge is 0.383 e. The Kier molecular flexibility index (Phi) is 3.72. The Morgan fingerprint density at radius 1 is 0.962 bits per heavy atom. The molecule has 0 amide bonds. The van der Waals surface area contributed by atoms with Gasteiger partial charge in [-0.25, -0.2) is 9.97 Å². The van der Waals surface area contributed by atoms with Crippen LogP contribution in [0, 0.1) is 20.8 Å². The second-order valence-electron chi connectivity index (χ2n) is 7.36. The molecule has 0 bridgehead atoms. The summed E-state index contributed by atoms with van der Waals surface area (Å²) < 4.78 is 2.25. The van der Waals surface area contributed by atoms with Gasteiger partial charge in [0.25, 0.3) is 0 Å². The zero-order chi connectivity index (χ0) is 18.6. The summed E-state index contributed by atoms with van der Waals surface area (Å²) in [7, 11) is 0. The Bertz CT molecular complexity index is 1150. The van der Waals surface area contributed by atoms with E-state index < -0.39 is 0 Å². The van der Waals surface area contributed by atoms with E-state index in [1.54, 1.807) is 6.33 Å². The third-order valence-corrected chi connectivity index (χ3v) is 5.23. The minimum Gasteiger partial charge on any atom is -0.383 e. The molecular weight excluding hydrogens is 320 g/mol. The van der Waals surface area contributed by atoms with E-state index >= 15 is 0 Å². The average Bonchev–Trinajstić information content (AvgIpc) is 2.89. The predicted molar refractivity (Wildman–Crippen MR) is 109 cm³/mol. The van der Waals surface area contributed by atoms with Gasteiger partial charge in [-0.15, -0.1) is 0 Å². The van der Waals surface area contributed by atoms with Gasteiger partial charge in [0.15, 0.2) is 0 Å². The molecule has 0 aliphatic carbocycles. The van der Waals surface area contributed by atoms with E-state index in [-0.39, 0.29) is 0 Å². The van der Waals surface area contributed by atoms with E-state index in [0.29, 0.717) is 11.9 Å². The molecule has 2 aromatic heterocycles. The van der Waals surface area contributed by atoms with Crippen molar-refractivity contribution in [2.24, 2.45) is 0 Å². The number of aromatic nitrogens is 3. The van der Waals surface area contributed by atoms with Crippen LogP contribution in [0.3, 0.4) is 0 Å². The van der Waals surface area contributed by atoms with Crippen molar-refractivity contribution in [2.75, 3.05) is 5.73 Å². The van der Waals surface area contributed by atoms with Crippen molar-refractivity contribution in [1.29, 1.82) is 0 Å². The summed E-state index contributed by atoms with van der Waals surface area (Å²) in [4.78, 5) is 8.83. The van der Waals surface area contributed by atoms with Crippen LogP contribution in [0.2, 0.25) is 0 Å². The van der Waals surface area contributed by atoms with Crippen LogP contribution in [0.25, 0.3) is 32.9 Å². The fraction of sp³-hybridized carbons (Fsp3) is 0.273. The van der Waals surface area contributed by atoms with E-state index in [1.165, 1.54) is 33.2 Å². The van der Waals surface area contributed by atoms with E-state index in [0.717, 1.165) is 16.6 Å². The number of fused-ring (bicyclic) bond motifs is 2. The first-order valence-electron chi connectivity index (χ1n) is 9.01. The molecule has 2 aromatic carbocycles. The lowest BCUT2D eigenvalue weighted by atomic mass is 9.93. The molecule has 0 aliphatic heterocycles. The summed E-state index contributed by atoms with van der Waals surface area (Å²) in [5.74, 6) is 0.535. The van der Waals surface area contributed by atoms with Gasteiger partial charge in [-0.1, -0.05) is 35.9 Å². The smallest absolute Gasteiger partial charge is 0.146 e. The Hall–Kier alpha value is -2.88. The van der Waals surface area contributed by atoms with Crippen LogP contribution in [0.5, 0.6) is 0 Å². The van der Waals surface area contributed by atoms with Gasteiger partial charge in [-0.05, 0) is 56.5 Å². The van der Waals surface area contributed by atoms with Crippen LogP contribution in [0.4, 0.5) is 5.82 Å². The first-order chi connectivity index (χ1) is 12.4. The van der Waals surface area contributed by atoms with Crippen LogP contribution in [0.1, 0.15) is 36.7 Å². The van der Waals surface area contributed by atoms with Gasteiger partial charge >= 0.3 is 0 Å². The molecule has 2 N–H and O–H groups in total. The number of hydrogen-bond donors (Lipinski definition) is 1. The Labute approximate surface area is 153 Å². The zero-order valence-corrected chi connectivity index (χ0v) is 16.0. The highest BCUT2D eigenvalue weighted by Gasteiger charge is 2.22. The zero-order valence-electron chi connectivity index (χ0n) is 16.0. The molecule has 0 fully saturated rings. The van der Waals surface area contributed by atoms with Gasteiger partial charge in [-0.3, -0.25) is 0 Å². The minimum absolute atomic E-state index is 0.291. The molecule has 0 atom stereocenters. The van der Waals surface area contributed by atoms with Crippen LogP contribution in [-0.4, -0.2) is 14.5 Å². The number of nitrogen functional groups attached to an aromatic ring is 1. The Morgan fingerprint density at radius 3 is 2.46 bits per heavy atom. The van der Waals surface area contributed by atoms with Gasteiger partial charge < -0.3 is 10.3 Å². The lowest BCUT2D eigenvalue weighted by Gasteiger charge is -2.13. The number of rotatable bonds is 2. The van der Waals surface area contributed by atoms with Gasteiger partial charge in [0.2, 0.25) is 0 Å². The lowest BCUT2D eigenvalue weighted by molar-refractivity contribution is 0.603. The van der Waals surface area contributed by atoms with Crippen LogP contribution in [0.15, 0.2) is 36.7 Å². The van der Waals surface area contributed by atoms with Crippen molar-refractivity contribution in [3.63, 3.8) is 0 Å². The van der Waals surface area contributed by atoms with E-state index in [2.05, 4.69) is 79.5 Å². The molecule has 0 spiro atoms. The van der Waals surface area contributed by atoms with Gasteiger partial charge in [0, 0.05) is 17.3 Å². The highest BCUT2D eigenvalue weighted by Crippen LogP contribution is 2.41. The molecule has 132 valence electrons. The van der Waals surface area contributed by atoms with Crippen LogP contribution < -0.4 is 5.73 Å². The van der Waals surface area contributed by atoms with Crippen molar-refractivity contribution in [3.05, 3.63) is 53.5 Å². The summed E-state index contributed by atoms with van der Waals surface area (Å²) in [6.45, 7) is 10.8. The van der Waals surface area contributed by atoms with Crippen molar-refractivity contribution in [3.8, 4) is 11.1 Å². The van der Waals surface area contributed by atoms with Crippen LogP contribution >= 0.6 is 0 Å². The fourth-order valence-electron chi connectivity index (χ4n) is 4.06. The Morgan fingerprint density at radius 2 is 1.73 bits per heavy atom. The van der Waals surface area contributed by atoms with Crippen molar-refractivity contribution in [2.45, 2.75) is 40.7 Å². The SMILES string of the molecule is Cc1ccc2c(-c3c(C)n(C(C)C)c4ncnc(N)c34)ccc(C)c2c1. The van der Waals surface area contributed by atoms with Crippen molar-refractivity contribution < 1.29 is 0 Å². The minimum atomic E-state index is 0.291. The second-order valence-corrected chi connectivity index (χ2v) is 7.36. The summed E-state index contributed by atoms with van der Waals surface area (Å²) in [6, 6.07) is 11.3. The maximum absolute atomic E-state index is 6.31. The van der Waals surface area contributed by atoms with Gasteiger partial charge in [0.05, 0.1) is 5.39 Å². The summed E-state index contributed by atoms with van der Waals surface area (Å²) in [5.41, 5.74) is 13.3. The van der Waals surface area contributed by atoms with E-state index in [4.69, 9.17) is 5.73 Å². The monoisotopic (exact) mass is 344 g/mol. The third kappa shape index (κ3) is 2.29. The fourth-order valence-corrected chi connectivity index (χ4v) is 4.06. The van der Waals surface area contributed by atoms with Gasteiger partial charge in [0.1, 0.15) is 17.8 Å². The molecule has 4 nitrogen and oxygen atoms in total. The molecule has 26 heavy (non-hydrogen) atoms. The van der Waals surface area contributed by atoms with Crippen molar-refractivity contribution in [1.82, 2.24) is 14.5 Å². The maximum atomic E-state index is 6.31. The average molecular weight is 344 g/mol. The predicted octanol–water partition coefficient (Wildman–Crippen LogP) is 5.34. The number of benzene rings is 2. The number of hydrogen-bond acceptors (Lipinski definition) is 3. The normalized spacial score (nSPS) is 11.8. The molecule has 0 aliphatic rings. The van der Waals surface area contributed by atoms with Crippen LogP contribution in [-0.2, 0) is 0 Å². The molecule has 0 radical (unpaired) electrons. The van der Waals surface area contributed by atoms with Gasteiger partial charge in [-0.2, -0.15) is 0 Å². The molecule has 4 heteroatoms. The molecular formula is C22H24N4. The molecule has 2 heterocycles. The highest BCUT2D eigenvalue weighted by molar-refractivity contribution is 6.09. The maximum Gasteiger partial charge on any atom is 0.146 e. The molecule has 4 aromatic rings. The topological polar surface area (TPSA) is 56.7 Å². The first-order valence-corrected chi connectivity index (χ1v) is 9.01. The first kappa shape index (κ1) is 16.6. The summed E-state index contributed by atoms with van der Waals surface area (Å²) in [5, 5.41) is 3.47. The lowest BCUT2D eigenvalue weighted by Crippen LogP contribution is -2.04. The van der Waals surface area contributed by atoms with E-state index in [1.807, 2.05) is 0 Å². The standard InChI is InChI=1S/C22H24N4/c1-12(2)26-15(5)19(20-21(23)24-11-25-22(20)26)17-9-7-14(4)18-10-13(3)6-8-16(17)18/h6-12H,1-5H3,(H2,23,24,25). The third-order valence-electron chi connectivity index (χ3n) is 5.23. The molecule has 0 saturated carbocycles. The number of aryl methyl sites for hydroxylation is 2. The quantitative estimate of drug-likeness (QED) is 0.534. The van der Waals surface area contributed by atoms with E-state index in [9.17, 15) is 0 Å².